The van der Waals surface area contributed by atoms with Gasteiger partial charge in [0.25, 0.3) is 0 Å². The van der Waals surface area contributed by atoms with E-state index < -0.39 is 5.54 Å². The molecule has 1 aromatic heterocycles. The molecule has 0 spiro atoms. The molecule has 112 valence electrons. The Labute approximate surface area is 123 Å². The highest BCUT2D eigenvalue weighted by Crippen LogP contribution is 2.37. The van der Waals surface area contributed by atoms with Crippen molar-refractivity contribution in [2.24, 2.45) is 12.8 Å². The summed E-state index contributed by atoms with van der Waals surface area (Å²) in [6, 6.07) is 0.237. The van der Waals surface area contributed by atoms with E-state index in [1.165, 1.54) is 0 Å². The summed E-state index contributed by atoms with van der Waals surface area (Å²) in [5.41, 5.74) is 5.09. The summed E-state index contributed by atoms with van der Waals surface area (Å²) in [4.78, 5) is 16.2. The molecular weight excluding hydrogens is 274 g/mol. The van der Waals surface area contributed by atoms with Gasteiger partial charge in [-0.15, -0.1) is 0 Å². The fourth-order valence-electron chi connectivity index (χ4n) is 2.84. The standard InChI is InChI=1S/C13H23N5OS/c1-9(2)17-13(11(14)19)6-4-5-10(7-13)20-12-15-8-16-18(12)3/h8-10,17H,4-7H2,1-3H3,(H2,14,19). The summed E-state index contributed by atoms with van der Waals surface area (Å²) in [5, 5.41) is 8.69. The van der Waals surface area contributed by atoms with Crippen molar-refractivity contribution in [3.05, 3.63) is 6.33 Å². The van der Waals surface area contributed by atoms with Gasteiger partial charge in [-0.2, -0.15) is 5.10 Å². The van der Waals surface area contributed by atoms with E-state index in [1.54, 1.807) is 22.8 Å². The molecule has 0 aliphatic heterocycles. The largest absolute Gasteiger partial charge is 0.368 e. The van der Waals surface area contributed by atoms with Crippen molar-refractivity contribution < 1.29 is 4.79 Å². The number of aromatic nitrogens is 3. The number of nitrogens with zero attached hydrogens (tertiary/aromatic N) is 3. The van der Waals surface area contributed by atoms with Crippen LogP contribution in [0.1, 0.15) is 39.5 Å². The molecule has 1 heterocycles. The number of carbonyl (C=O) groups is 1. The van der Waals surface area contributed by atoms with E-state index in [0.717, 1.165) is 30.8 Å². The Balaban J connectivity index is 2.09. The molecule has 6 nitrogen and oxygen atoms in total. The number of hydrogen-bond acceptors (Lipinski definition) is 5. The van der Waals surface area contributed by atoms with Crippen molar-refractivity contribution in [2.45, 2.75) is 61.5 Å². The maximum absolute atomic E-state index is 11.9. The summed E-state index contributed by atoms with van der Waals surface area (Å²) in [5.74, 6) is -0.241. The molecule has 1 amide bonds. The van der Waals surface area contributed by atoms with Crippen LogP contribution in [0.15, 0.2) is 11.5 Å². The summed E-state index contributed by atoms with van der Waals surface area (Å²) < 4.78 is 1.76. The molecule has 7 heteroatoms. The molecule has 0 saturated heterocycles. The van der Waals surface area contributed by atoms with Crippen LogP contribution in [0.25, 0.3) is 0 Å². The Bertz CT molecular complexity index is 475. The van der Waals surface area contributed by atoms with Gasteiger partial charge in [-0.3, -0.25) is 4.79 Å². The fraction of sp³-hybridized carbons (Fsp3) is 0.769. The minimum atomic E-state index is -0.581. The topological polar surface area (TPSA) is 85.8 Å². The van der Waals surface area contributed by atoms with Gasteiger partial charge >= 0.3 is 0 Å². The highest BCUT2D eigenvalue weighted by molar-refractivity contribution is 7.99. The maximum Gasteiger partial charge on any atom is 0.237 e. The van der Waals surface area contributed by atoms with Gasteiger partial charge in [0, 0.05) is 18.3 Å². The van der Waals surface area contributed by atoms with Gasteiger partial charge in [0.1, 0.15) is 6.33 Å². The summed E-state index contributed by atoms with van der Waals surface area (Å²) in [7, 11) is 1.88. The molecule has 1 aromatic rings. The summed E-state index contributed by atoms with van der Waals surface area (Å²) >= 11 is 1.69. The van der Waals surface area contributed by atoms with Gasteiger partial charge in [-0.25, -0.2) is 9.67 Å². The van der Waals surface area contributed by atoms with Crippen molar-refractivity contribution in [3.8, 4) is 0 Å². The maximum atomic E-state index is 11.9. The van der Waals surface area contributed by atoms with Crippen molar-refractivity contribution >= 4 is 17.7 Å². The quantitative estimate of drug-likeness (QED) is 0.849. The minimum absolute atomic E-state index is 0.237. The molecule has 0 radical (unpaired) electrons. The number of rotatable bonds is 5. The molecule has 1 aliphatic rings. The SMILES string of the molecule is CC(C)NC1(C(N)=O)CCCC(Sc2ncnn2C)C1. The van der Waals surface area contributed by atoms with Crippen molar-refractivity contribution in [2.75, 3.05) is 0 Å². The lowest BCUT2D eigenvalue weighted by Gasteiger charge is -2.40. The van der Waals surface area contributed by atoms with Crippen molar-refractivity contribution in [3.63, 3.8) is 0 Å². The first-order valence-corrected chi connectivity index (χ1v) is 7.89. The zero-order valence-electron chi connectivity index (χ0n) is 12.3. The van der Waals surface area contributed by atoms with Gasteiger partial charge in [0.15, 0.2) is 5.16 Å². The van der Waals surface area contributed by atoms with E-state index in [1.807, 2.05) is 20.9 Å². The lowest BCUT2D eigenvalue weighted by molar-refractivity contribution is -0.126. The monoisotopic (exact) mass is 297 g/mol. The first-order chi connectivity index (χ1) is 9.43. The van der Waals surface area contributed by atoms with Crippen LogP contribution in [-0.2, 0) is 11.8 Å². The third-order valence-corrected chi connectivity index (χ3v) is 5.00. The Morgan fingerprint density at radius 1 is 1.65 bits per heavy atom. The predicted octanol–water partition coefficient (Wildman–Crippen LogP) is 1.07. The molecule has 0 aromatic carbocycles. The van der Waals surface area contributed by atoms with Gasteiger partial charge in [-0.1, -0.05) is 11.8 Å². The van der Waals surface area contributed by atoms with Crippen LogP contribution in [0.5, 0.6) is 0 Å². The second-order valence-corrected chi connectivity index (χ2v) is 7.02. The van der Waals surface area contributed by atoms with E-state index in [4.69, 9.17) is 5.73 Å². The Morgan fingerprint density at radius 2 is 2.40 bits per heavy atom. The lowest BCUT2D eigenvalue weighted by atomic mass is 9.80. The normalized spacial score (nSPS) is 26.9. The molecule has 1 aliphatic carbocycles. The number of primary amides is 1. The molecule has 3 N–H and O–H groups in total. The third-order valence-electron chi connectivity index (χ3n) is 3.68. The van der Waals surface area contributed by atoms with Crippen molar-refractivity contribution in [1.29, 1.82) is 0 Å². The smallest absolute Gasteiger partial charge is 0.237 e. The highest BCUT2D eigenvalue weighted by Gasteiger charge is 2.42. The Hall–Kier alpha value is -1.08. The van der Waals surface area contributed by atoms with Crippen LogP contribution in [0.2, 0.25) is 0 Å². The van der Waals surface area contributed by atoms with Crippen LogP contribution >= 0.6 is 11.8 Å². The van der Waals surface area contributed by atoms with Gasteiger partial charge < -0.3 is 11.1 Å². The number of carbonyl (C=O) groups excluding carboxylic acids is 1. The lowest BCUT2D eigenvalue weighted by Crippen LogP contribution is -2.60. The van der Waals surface area contributed by atoms with Gasteiger partial charge in [0.2, 0.25) is 5.91 Å². The van der Waals surface area contributed by atoms with Gasteiger partial charge in [0.05, 0.1) is 5.54 Å². The number of nitrogens with one attached hydrogen (secondary N) is 1. The fourth-order valence-corrected chi connectivity index (χ4v) is 4.10. The van der Waals surface area contributed by atoms with Crippen LogP contribution in [0.4, 0.5) is 0 Å². The van der Waals surface area contributed by atoms with Gasteiger partial charge in [-0.05, 0) is 39.5 Å². The molecule has 20 heavy (non-hydrogen) atoms. The number of amides is 1. The summed E-state index contributed by atoms with van der Waals surface area (Å²) in [6.07, 6.45) is 5.19. The number of nitrogens with two attached hydrogens (primary N) is 1. The number of thioether (sulfide) groups is 1. The molecule has 1 fully saturated rings. The minimum Gasteiger partial charge on any atom is -0.368 e. The molecular formula is C13H23N5OS. The molecule has 2 unspecified atom stereocenters. The summed E-state index contributed by atoms with van der Waals surface area (Å²) in [6.45, 7) is 4.09. The highest BCUT2D eigenvalue weighted by atomic mass is 32.2. The number of hydrogen-bond donors (Lipinski definition) is 2. The van der Waals surface area contributed by atoms with Crippen molar-refractivity contribution in [1.82, 2.24) is 20.1 Å². The Kier molecular flexibility index (Phi) is 4.70. The molecule has 2 atom stereocenters. The van der Waals surface area contributed by atoms with E-state index >= 15 is 0 Å². The second-order valence-electron chi connectivity index (χ2n) is 5.75. The first kappa shape index (κ1) is 15.3. The predicted molar refractivity (Wildman–Crippen MR) is 79.3 cm³/mol. The van der Waals surface area contributed by atoms with E-state index in [9.17, 15) is 4.79 Å². The Morgan fingerprint density at radius 3 is 2.95 bits per heavy atom. The zero-order chi connectivity index (χ0) is 14.8. The molecule has 0 bridgehead atoms. The molecule has 2 rings (SSSR count). The van der Waals surface area contributed by atoms with E-state index in [2.05, 4.69) is 15.4 Å². The van der Waals surface area contributed by atoms with Crippen LogP contribution in [-0.4, -0.2) is 37.5 Å². The average Bonchev–Trinajstić information content (AvgIpc) is 2.74. The third kappa shape index (κ3) is 3.32. The first-order valence-electron chi connectivity index (χ1n) is 7.01. The van der Waals surface area contributed by atoms with Crippen LogP contribution in [0.3, 0.4) is 0 Å². The zero-order valence-corrected chi connectivity index (χ0v) is 13.1. The number of aryl methyl sites for hydroxylation is 1. The second kappa shape index (κ2) is 6.13. The molecule has 1 saturated carbocycles. The van der Waals surface area contributed by atoms with E-state index in [-0.39, 0.29) is 11.9 Å². The van der Waals surface area contributed by atoms with Crippen LogP contribution < -0.4 is 11.1 Å². The van der Waals surface area contributed by atoms with E-state index in [0.29, 0.717) is 5.25 Å². The van der Waals surface area contributed by atoms with Crippen LogP contribution in [0, 0.1) is 0 Å². The average molecular weight is 297 g/mol.